The van der Waals surface area contributed by atoms with Crippen LogP contribution in [0.2, 0.25) is 0 Å². The van der Waals surface area contributed by atoms with E-state index in [2.05, 4.69) is 26.6 Å². The van der Waals surface area contributed by atoms with Gasteiger partial charge in [0.25, 0.3) is 0 Å². The first kappa shape index (κ1) is 20.8. The van der Waals surface area contributed by atoms with Crippen LogP contribution in [0.4, 0.5) is 0 Å². The quantitative estimate of drug-likeness (QED) is 0.696. The van der Waals surface area contributed by atoms with Crippen molar-refractivity contribution in [2.24, 2.45) is 4.99 Å². The Kier molecular flexibility index (Phi) is 7.19. The van der Waals surface area contributed by atoms with Gasteiger partial charge in [0.2, 0.25) is 0 Å². The van der Waals surface area contributed by atoms with Gasteiger partial charge in [0.15, 0.2) is 0 Å². The number of H-pyrrole nitrogens is 1. The van der Waals surface area contributed by atoms with E-state index < -0.39 is 0 Å². The summed E-state index contributed by atoms with van der Waals surface area (Å²) in [4.78, 5) is 22.2. The summed E-state index contributed by atoms with van der Waals surface area (Å²) in [6, 6.07) is 7.32. The number of piperidine rings is 1. The average molecular weight is 396 g/mol. The topological polar surface area (TPSA) is 75.5 Å². The number of nitrogens with one attached hydrogen (secondary N) is 1. The van der Waals surface area contributed by atoms with Crippen molar-refractivity contribution in [3.63, 3.8) is 0 Å². The molecule has 1 atom stereocenters. The maximum atomic E-state index is 12.4. The second-order valence-electron chi connectivity index (χ2n) is 7.12. The SMILES string of the molecule is C=CN=C(/C=C\C)CCN1CCCC(c2nn(-c3ccc(OC)cc3)c(=O)[nH]2)C1. The first-order valence-electron chi connectivity index (χ1n) is 10.0. The lowest BCUT2D eigenvalue weighted by atomic mass is 9.97. The number of aliphatic imine (C=N–C) groups is 1. The number of methoxy groups -OCH3 is 1. The predicted molar refractivity (Wildman–Crippen MR) is 116 cm³/mol. The summed E-state index contributed by atoms with van der Waals surface area (Å²) in [7, 11) is 1.62. The Balaban J connectivity index is 1.68. The van der Waals surface area contributed by atoms with Crippen molar-refractivity contribution in [3.8, 4) is 11.4 Å². The van der Waals surface area contributed by atoms with Crippen molar-refractivity contribution in [3.05, 3.63) is 65.5 Å². The van der Waals surface area contributed by atoms with Gasteiger partial charge in [-0.15, -0.1) is 5.10 Å². The van der Waals surface area contributed by atoms with Gasteiger partial charge in [0.1, 0.15) is 11.6 Å². The molecule has 1 aromatic carbocycles. The van der Waals surface area contributed by atoms with Gasteiger partial charge in [-0.1, -0.05) is 12.7 Å². The molecule has 1 aromatic heterocycles. The number of aromatic amines is 1. The van der Waals surface area contributed by atoms with Crippen molar-refractivity contribution < 1.29 is 4.74 Å². The molecular formula is C22H29N5O2. The third-order valence-corrected chi connectivity index (χ3v) is 5.14. The Morgan fingerprint density at radius 2 is 2.21 bits per heavy atom. The molecule has 2 heterocycles. The van der Waals surface area contributed by atoms with Gasteiger partial charge in [-0.3, -0.25) is 9.98 Å². The Morgan fingerprint density at radius 3 is 2.90 bits per heavy atom. The van der Waals surface area contributed by atoms with Crippen LogP contribution in [-0.4, -0.2) is 52.1 Å². The molecule has 1 aliphatic rings. The van der Waals surface area contributed by atoms with Crippen LogP contribution in [0.25, 0.3) is 5.69 Å². The first-order chi connectivity index (χ1) is 14.1. The molecule has 1 fully saturated rings. The van der Waals surface area contributed by atoms with Crippen molar-refractivity contribution in [1.82, 2.24) is 19.7 Å². The van der Waals surface area contributed by atoms with Crippen LogP contribution in [0.5, 0.6) is 5.75 Å². The number of rotatable bonds is 8. The van der Waals surface area contributed by atoms with Gasteiger partial charge in [0, 0.05) is 37.3 Å². The normalized spacial score (nSPS) is 18.3. The van der Waals surface area contributed by atoms with Gasteiger partial charge in [-0.25, -0.2) is 4.79 Å². The van der Waals surface area contributed by atoms with E-state index in [9.17, 15) is 4.79 Å². The van der Waals surface area contributed by atoms with E-state index in [4.69, 9.17) is 4.74 Å². The molecule has 1 unspecified atom stereocenters. The third kappa shape index (κ3) is 5.32. The van der Waals surface area contributed by atoms with Crippen LogP contribution in [0.15, 0.2) is 59.0 Å². The van der Waals surface area contributed by atoms with Crippen molar-refractivity contribution >= 4 is 5.71 Å². The first-order valence-corrected chi connectivity index (χ1v) is 10.0. The molecular weight excluding hydrogens is 366 g/mol. The number of likely N-dealkylation sites (tertiary alicyclic amines) is 1. The number of aromatic nitrogens is 3. The summed E-state index contributed by atoms with van der Waals surface area (Å²) in [6.45, 7) is 8.54. The molecule has 0 spiro atoms. The molecule has 0 radical (unpaired) electrons. The van der Waals surface area contributed by atoms with Gasteiger partial charge in [0.05, 0.1) is 12.8 Å². The van der Waals surface area contributed by atoms with Crippen LogP contribution in [0.1, 0.15) is 37.9 Å². The number of hydrogen-bond donors (Lipinski definition) is 1. The third-order valence-electron chi connectivity index (χ3n) is 5.14. The summed E-state index contributed by atoms with van der Waals surface area (Å²) in [5.41, 5.74) is 1.54. The molecule has 1 aliphatic heterocycles. The zero-order valence-corrected chi connectivity index (χ0v) is 17.2. The molecule has 0 amide bonds. The number of nitrogens with zero attached hydrogens (tertiary/aromatic N) is 4. The highest BCUT2D eigenvalue weighted by Crippen LogP contribution is 2.24. The fourth-order valence-corrected chi connectivity index (χ4v) is 3.68. The minimum Gasteiger partial charge on any atom is -0.497 e. The largest absolute Gasteiger partial charge is 0.497 e. The summed E-state index contributed by atoms with van der Waals surface area (Å²) < 4.78 is 6.60. The van der Waals surface area contributed by atoms with Crippen LogP contribution >= 0.6 is 0 Å². The van der Waals surface area contributed by atoms with Gasteiger partial charge >= 0.3 is 5.69 Å². The molecule has 2 aromatic rings. The zero-order chi connectivity index (χ0) is 20.6. The monoisotopic (exact) mass is 395 g/mol. The maximum absolute atomic E-state index is 12.4. The molecule has 1 N–H and O–H groups in total. The summed E-state index contributed by atoms with van der Waals surface area (Å²) in [5.74, 6) is 1.72. The van der Waals surface area contributed by atoms with Gasteiger partial charge in [-0.05, 0) is 56.7 Å². The van der Waals surface area contributed by atoms with E-state index in [1.807, 2.05) is 43.3 Å². The minimum absolute atomic E-state index is 0.212. The second-order valence-corrected chi connectivity index (χ2v) is 7.12. The van der Waals surface area contributed by atoms with Crippen LogP contribution in [0, 0.1) is 0 Å². The van der Waals surface area contributed by atoms with Crippen molar-refractivity contribution in [1.29, 1.82) is 0 Å². The number of allylic oxidation sites excluding steroid dienone is 2. The van der Waals surface area contributed by atoms with Crippen LogP contribution in [0.3, 0.4) is 0 Å². The van der Waals surface area contributed by atoms with Gasteiger partial charge < -0.3 is 9.64 Å². The molecule has 154 valence electrons. The van der Waals surface area contributed by atoms with Gasteiger partial charge in [-0.2, -0.15) is 4.68 Å². The smallest absolute Gasteiger partial charge is 0.348 e. The Labute approximate surface area is 171 Å². The van der Waals surface area contributed by atoms with Crippen molar-refractivity contribution in [2.45, 2.75) is 32.1 Å². The lowest BCUT2D eigenvalue weighted by Gasteiger charge is -2.31. The minimum atomic E-state index is -0.212. The van der Waals surface area contributed by atoms with E-state index in [1.54, 1.807) is 13.3 Å². The average Bonchev–Trinajstić information content (AvgIpc) is 3.14. The summed E-state index contributed by atoms with van der Waals surface area (Å²) in [5, 5.41) is 4.58. The molecule has 1 saturated heterocycles. The fourth-order valence-electron chi connectivity index (χ4n) is 3.68. The molecule has 3 rings (SSSR count). The molecule has 29 heavy (non-hydrogen) atoms. The molecule has 0 aliphatic carbocycles. The highest BCUT2D eigenvalue weighted by atomic mass is 16.5. The highest BCUT2D eigenvalue weighted by Gasteiger charge is 2.24. The highest BCUT2D eigenvalue weighted by molar-refractivity contribution is 5.95. The lowest BCUT2D eigenvalue weighted by molar-refractivity contribution is 0.209. The summed E-state index contributed by atoms with van der Waals surface area (Å²) in [6.07, 6.45) is 8.59. The van der Waals surface area contributed by atoms with E-state index in [1.165, 1.54) is 4.68 Å². The maximum Gasteiger partial charge on any atom is 0.348 e. The van der Waals surface area contributed by atoms with Crippen LogP contribution < -0.4 is 10.4 Å². The number of hydrogen-bond acceptors (Lipinski definition) is 5. The standard InChI is InChI=1S/C22H29N5O2/c1-4-7-18(23-5-2)13-15-26-14-6-8-17(16-26)21-24-22(28)27(25-21)19-9-11-20(29-3)12-10-19/h4-5,7,9-12,17H,2,6,8,13-16H2,1,3H3,(H,24,25,28)/b7-4-,23-18?. The van der Waals surface area contributed by atoms with E-state index >= 15 is 0 Å². The lowest BCUT2D eigenvalue weighted by Crippen LogP contribution is -2.36. The predicted octanol–water partition coefficient (Wildman–Crippen LogP) is 3.30. The number of benzene rings is 1. The molecule has 0 saturated carbocycles. The van der Waals surface area contributed by atoms with Crippen LogP contribution in [-0.2, 0) is 0 Å². The fraction of sp³-hybridized carbons (Fsp3) is 0.409. The van der Waals surface area contributed by atoms with E-state index in [-0.39, 0.29) is 11.6 Å². The second kappa shape index (κ2) is 10.0. The Hall–Kier alpha value is -2.93. The molecule has 0 bridgehead atoms. The van der Waals surface area contributed by atoms with E-state index in [0.717, 1.165) is 61.9 Å². The summed E-state index contributed by atoms with van der Waals surface area (Å²) >= 11 is 0. The van der Waals surface area contributed by atoms with E-state index in [0.29, 0.717) is 0 Å². The molecule has 7 nitrogen and oxygen atoms in total. The van der Waals surface area contributed by atoms with Crippen molar-refractivity contribution in [2.75, 3.05) is 26.7 Å². The zero-order valence-electron chi connectivity index (χ0n) is 17.2. The Morgan fingerprint density at radius 1 is 1.41 bits per heavy atom. The molecule has 7 heteroatoms. The number of ether oxygens (including phenoxy) is 1. The Bertz CT molecular complexity index is 923.